The summed E-state index contributed by atoms with van der Waals surface area (Å²) >= 11 is 1.56. The maximum absolute atomic E-state index is 11.1. The Kier molecular flexibility index (Phi) is 5.09. The van der Waals surface area contributed by atoms with Crippen LogP contribution in [0.1, 0.15) is 40.4 Å². The molecule has 0 aromatic carbocycles. The Balaban J connectivity index is 1.55. The van der Waals surface area contributed by atoms with Crippen molar-refractivity contribution in [2.24, 2.45) is 11.7 Å². The average molecular weight is 334 g/mol. The van der Waals surface area contributed by atoms with Crippen molar-refractivity contribution in [1.82, 2.24) is 15.1 Å². The second kappa shape index (κ2) is 7.25. The number of carbonyl (C=O) groups is 1. The van der Waals surface area contributed by atoms with Crippen LogP contribution in [0.4, 0.5) is 0 Å². The van der Waals surface area contributed by atoms with Crippen LogP contribution in [0.5, 0.6) is 0 Å². The molecule has 3 heterocycles. The van der Waals surface area contributed by atoms with E-state index in [1.165, 1.54) is 0 Å². The van der Waals surface area contributed by atoms with E-state index in [2.05, 4.69) is 17.3 Å². The van der Waals surface area contributed by atoms with Crippen molar-refractivity contribution in [3.63, 3.8) is 0 Å². The molecule has 0 bridgehead atoms. The van der Waals surface area contributed by atoms with Gasteiger partial charge >= 0.3 is 0 Å². The number of aryl methyl sites for hydroxylation is 1. The van der Waals surface area contributed by atoms with Gasteiger partial charge in [0.25, 0.3) is 0 Å². The van der Waals surface area contributed by atoms with Crippen molar-refractivity contribution >= 4 is 17.2 Å². The summed E-state index contributed by atoms with van der Waals surface area (Å²) in [5.41, 5.74) is 7.02. The Morgan fingerprint density at radius 1 is 1.61 bits per heavy atom. The maximum atomic E-state index is 11.1. The summed E-state index contributed by atoms with van der Waals surface area (Å²) in [6.45, 7) is 5.35. The molecule has 3 rings (SSSR count). The van der Waals surface area contributed by atoms with E-state index in [-0.39, 0.29) is 12.0 Å². The monoisotopic (exact) mass is 334 g/mol. The van der Waals surface area contributed by atoms with Crippen LogP contribution in [0.25, 0.3) is 0 Å². The van der Waals surface area contributed by atoms with E-state index in [0.717, 1.165) is 43.2 Å². The molecule has 6 nitrogen and oxygen atoms in total. The van der Waals surface area contributed by atoms with E-state index in [1.54, 1.807) is 16.7 Å². The van der Waals surface area contributed by atoms with Crippen LogP contribution >= 0.6 is 11.3 Å². The lowest BCUT2D eigenvalue weighted by molar-refractivity contribution is 0.0830. The third-order valence-corrected chi connectivity index (χ3v) is 5.14. The Morgan fingerprint density at radius 3 is 3.22 bits per heavy atom. The summed E-state index contributed by atoms with van der Waals surface area (Å²) in [6, 6.07) is 3.90. The molecule has 2 aromatic heterocycles. The van der Waals surface area contributed by atoms with Gasteiger partial charge < -0.3 is 15.8 Å². The van der Waals surface area contributed by atoms with Crippen molar-refractivity contribution < 1.29 is 9.53 Å². The molecule has 1 aliphatic rings. The molecule has 0 radical (unpaired) electrons. The molecule has 7 heteroatoms. The number of hydrogen-bond donors (Lipinski definition) is 2. The number of primary amides is 1. The highest BCUT2D eigenvalue weighted by Gasteiger charge is 2.31. The largest absolute Gasteiger partial charge is 0.372 e. The predicted octanol–water partition coefficient (Wildman–Crippen LogP) is 1.93. The fraction of sp³-hybridized carbons (Fsp3) is 0.500. The normalized spacial score (nSPS) is 20.9. The van der Waals surface area contributed by atoms with Crippen LogP contribution in [0.2, 0.25) is 0 Å². The first-order valence-electron chi connectivity index (χ1n) is 7.90. The molecule has 1 amide bonds. The van der Waals surface area contributed by atoms with Crippen LogP contribution in [-0.2, 0) is 17.8 Å². The first kappa shape index (κ1) is 16.2. The van der Waals surface area contributed by atoms with Gasteiger partial charge in [-0.2, -0.15) is 5.10 Å². The lowest BCUT2D eigenvalue weighted by Gasteiger charge is -2.19. The summed E-state index contributed by atoms with van der Waals surface area (Å²) in [5.74, 6) is 0.0668. The zero-order valence-electron chi connectivity index (χ0n) is 13.2. The van der Waals surface area contributed by atoms with Gasteiger partial charge in [-0.05, 0) is 25.5 Å². The van der Waals surface area contributed by atoms with E-state index in [4.69, 9.17) is 10.5 Å². The molecule has 1 saturated heterocycles. The van der Waals surface area contributed by atoms with E-state index in [1.807, 2.05) is 23.0 Å². The number of hydrogen-bond acceptors (Lipinski definition) is 5. The van der Waals surface area contributed by atoms with E-state index < -0.39 is 0 Å². The number of nitrogens with zero attached hydrogens (tertiary/aromatic N) is 2. The number of rotatable bonds is 7. The molecule has 2 aromatic rings. The molecule has 2 atom stereocenters. The summed E-state index contributed by atoms with van der Waals surface area (Å²) in [5, 5.41) is 9.62. The molecule has 0 aliphatic carbocycles. The molecule has 1 fully saturated rings. The number of nitrogens with one attached hydrogen (secondary N) is 1. The van der Waals surface area contributed by atoms with E-state index in [0.29, 0.717) is 11.5 Å². The average Bonchev–Trinajstić information content (AvgIpc) is 3.27. The third-order valence-electron chi connectivity index (χ3n) is 4.20. The number of thiophene rings is 1. The molecular formula is C16H22N4O2S. The van der Waals surface area contributed by atoms with Gasteiger partial charge in [0.1, 0.15) is 6.10 Å². The summed E-state index contributed by atoms with van der Waals surface area (Å²) in [4.78, 5) is 12.2. The molecule has 124 valence electrons. The molecule has 3 N–H and O–H groups in total. The minimum absolute atomic E-state index is 0.106. The smallest absolute Gasteiger partial charge is 0.249 e. The molecule has 23 heavy (non-hydrogen) atoms. The Bertz CT molecular complexity index is 667. The zero-order chi connectivity index (χ0) is 16.2. The first-order valence-corrected chi connectivity index (χ1v) is 8.78. The predicted molar refractivity (Wildman–Crippen MR) is 89.2 cm³/mol. The lowest BCUT2D eigenvalue weighted by atomic mass is 9.99. The molecule has 0 saturated carbocycles. The van der Waals surface area contributed by atoms with E-state index >= 15 is 0 Å². The van der Waals surface area contributed by atoms with Gasteiger partial charge in [0, 0.05) is 48.6 Å². The van der Waals surface area contributed by atoms with Crippen LogP contribution < -0.4 is 11.1 Å². The second-order valence-corrected chi connectivity index (χ2v) is 6.70. The Morgan fingerprint density at radius 2 is 2.48 bits per heavy atom. The molecule has 0 unspecified atom stereocenters. The Hall–Kier alpha value is -1.70. The third kappa shape index (κ3) is 3.63. The van der Waals surface area contributed by atoms with Crippen molar-refractivity contribution in [2.45, 2.75) is 32.5 Å². The zero-order valence-corrected chi connectivity index (χ0v) is 14.0. The number of ether oxygens (including phenoxy) is 1. The van der Waals surface area contributed by atoms with Crippen molar-refractivity contribution in [1.29, 1.82) is 0 Å². The van der Waals surface area contributed by atoms with Gasteiger partial charge in [-0.3, -0.25) is 9.48 Å². The van der Waals surface area contributed by atoms with Crippen LogP contribution in [0.15, 0.2) is 23.7 Å². The number of aromatic nitrogens is 2. The van der Waals surface area contributed by atoms with Gasteiger partial charge in [-0.25, -0.2) is 0 Å². The standard InChI is InChI=1S/C16H22N4O2S/c1-2-20-14(3-5-19-20)15-11(4-6-22-15)8-18-9-13-7-12(10-23-13)16(17)21/h3,5,7,10-11,15,18H,2,4,6,8-9H2,1H3,(H2,17,21)/t11-,15+/m0/s1. The topological polar surface area (TPSA) is 82.2 Å². The van der Waals surface area contributed by atoms with Crippen molar-refractivity contribution in [2.75, 3.05) is 13.2 Å². The highest BCUT2D eigenvalue weighted by Crippen LogP contribution is 2.34. The van der Waals surface area contributed by atoms with Crippen LogP contribution in [-0.4, -0.2) is 28.8 Å². The fourth-order valence-corrected chi connectivity index (χ4v) is 3.84. The highest BCUT2D eigenvalue weighted by atomic mass is 32.1. The van der Waals surface area contributed by atoms with E-state index in [9.17, 15) is 4.79 Å². The van der Waals surface area contributed by atoms with Gasteiger partial charge in [0.15, 0.2) is 0 Å². The maximum Gasteiger partial charge on any atom is 0.249 e. The highest BCUT2D eigenvalue weighted by molar-refractivity contribution is 7.10. The lowest BCUT2D eigenvalue weighted by Crippen LogP contribution is -2.25. The second-order valence-electron chi connectivity index (χ2n) is 5.71. The van der Waals surface area contributed by atoms with Gasteiger partial charge in [0.2, 0.25) is 5.91 Å². The van der Waals surface area contributed by atoms with Crippen LogP contribution in [0, 0.1) is 5.92 Å². The first-order chi connectivity index (χ1) is 11.2. The number of amides is 1. The number of carbonyl (C=O) groups excluding carboxylic acids is 1. The van der Waals surface area contributed by atoms with Crippen molar-refractivity contribution in [3.05, 3.63) is 39.8 Å². The summed E-state index contributed by atoms with van der Waals surface area (Å²) in [6.07, 6.45) is 2.99. The SMILES string of the molecule is CCn1nccc1[C@@H]1OCC[C@H]1CNCc1cc(C(N)=O)cs1. The van der Waals surface area contributed by atoms with Crippen molar-refractivity contribution in [3.8, 4) is 0 Å². The number of nitrogens with two attached hydrogens (primary N) is 1. The van der Waals surface area contributed by atoms with Crippen LogP contribution in [0.3, 0.4) is 0 Å². The fourth-order valence-electron chi connectivity index (χ4n) is 3.00. The molecule has 0 spiro atoms. The minimum Gasteiger partial charge on any atom is -0.372 e. The van der Waals surface area contributed by atoms with Gasteiger partial charge in [-0.15, -0.1) is 11.3 Å². The van der Waals surface area contributed by atoms with Gasteiger partial charge in [0.05, 0.1) is 11.3 Å². The summed E-state index contributed by atoms with van der Waals surface area (Å²) < 4.78 is 7.93. The minimum atomic E-state index is -0.371. The Labute approximate surface area is 139 Å². The quantitative estimate of drug-likeness (QED) is 0.810. The molecular weight excluding hydrogens is 312 g/mol. The molecule has 1 aliphatic heterocycles. The summed E-state index contributed by atoms with van der Waals surface area (Å²) in [7, 11) is 0. The van der Waals surface area contributed by atoms with Gasteiger partial charge in [-0.1, -0.05) is 0 Å².